The molecule has 3 aromatic rings. The van der Waals surface area contributed by atoms with Gasteiger partial charge in [-0.3, -0.25) is 9.59 Å². The highest BCUT2D eigenvalue weighted by atomic mass is 16.3. The average molecular weight is 375 g/mol. The van der Waals surface area contributed by atoms with E-state index in [0.717, 1.165) is 33.2 Å². The molecule has 0 saturated carbocycles. The summed E-state index contributed by atoms with van der Waals surface area (Å²) in [5.74, 6) is 0.158. The predicted octanol–water partition coefficient (Wildman–Crippen LogP) is 4.67. The Labute approximate surface area is 162 Å². The number of nitrogens with one attached hydrogen (secondary N) is 1. The molecule has 1 aliphatic rings. The number of hydrogen-bond acceptors (Lipinski definition) is 5. The highest BCUT2D eigenvalue weighted by Gasteiger charge is 2.22. The number of benzene rings is 1. The van der Waals surface area contributed by atoms with E-state index in [0.29, 0.717) is 25.1 Å². The first-order valence-electron chi connectivity index (χ1n) is 9.37. The molecule has 0 radical (unpaired) electrons. The number of para-hydroxylation sites is 1. The molecule has 0 bridgehead atoms. The molecule has 1 aliphatic heterocycles. The first kappa shape index (κ1) is 18.0. The molecular weight excluding hydrogens is 354 g/mol. The molecule has 2 aromatic heterocycles. The van der Waals surface area contributed by atoms with Crippen LogP contribution in [-0.4, -0.2) is 18.1 Å². The minimum absolute atomic E-state index is 0.157. The summed E-state index contributed by atoms with van der Waals surface area (Å²) in [5, 5.41) is 4.12. The summed E-state index contributed by atoms with van der Waals surface area (Å²) < 4.78 is 11.6. The summed E-state index contributed by atoms with van der Waals surface area (Å²) in [6, 6.07) is 7.94. The monoisotopic (exact) mass is 375 g/mol. The van der Waals surface area contributed by atoms with Crippen molar-refractivity contribution in [2.45, 2.75) is 26.7 Å². The summed E-state index contributed by atoms with van der Waals surface area (Å²) >= 11 is 0. The predicted molar refractivity (Wildman–Crippen MR) is 108 cm³/mol. The molecule has 0 spiro atoms. The van der Waals surface area contributed by atoms with Gasteiger partial charge in [0.1, 0.15) is 11.3 Å². The molecule has 4 rings (SSSR count). The van der Waals surface area contributed by atoms with Crippen LogP contribution in [0, 0.1) is 0 Å². The number of fused-ring (bicyclic) bond motifs is 3. The third-order valence-corrected chi connectivity index (χ3v) is 5.04. The number of rotatable bonds is 3. The zero-order chi connectivity index (χ0) is 19.7. The average Bonchev–Trinajstić information content (AvgIpc) is 3.33. The molecule has 28 heavy (non-hydrogen) atoms. The lowest BCUT2D eigenvalue weighted by molar-refractivity contribution is -0.118. The second kappa shape index (κ2) is 7.35. The van der Waals surface area contributed by atoms with Crippen molar-refractivity contribution >= 4 is 28.1 Å². The van der Waals surface area contributed by atoms with Gasteiger partial charge in [-0.15, -0.1) is 0 Å². The van der Waals surface area contributed by atoms with E-state index in [-0.39, 0.29) is 17.1 Å². The van der Waals surface area contributed by atoms with E-state index in [1.807, 2.05) is 31.2 Å². The molecule has 5 nitrogen and oxygen atoms in total. The number of hydrogen-bond donors (Lipinski definition) is 1. The van der Waals surface area contributed by atoms with Crippen LogP contribution in [0.2, 0.25) is 0 Å². The minimum atomic E-state index is -0.305. The van der Waals surface area contributed by atoms with Crippen molar-refractivity contribution in [2.24, 2.45) is 0 Å². The fourth-order valence-corrected chi connectivity index (χ4v) is 3.61. The van der Waals surface area contributed by atoms with Crippen LogP contribution in [0.5, 0.6) is 0 Å². The number of Topliss-reactive ketones (excluding diaryl/α,β-unsaturated/α-hetero) is 1. The normalized spacial score (nSPS) is 18.6. The quantitative estimate of drug-likeness (QED) is 0.673. The van der Waals surface area contributed by atoms with Crippen molar-refractivity contribution in [1.29, 1.82) is 0 Å². The Kier molecular flexibility index (Phi) is 4.74. The van der Waals surface area contributed by atoms with Crippen molar-refractivity contribution < 1.29 is 18.4 Å². The lowest BCUT2D eigenvalue weighted by Gasteiger charge is -2.10. The van der Waals surface area contributed by atoms with Crippen molar-refractivity contribution in [1.82, 2.24) is 5.32 Å². The highest BCUT2D eigenvalue weighted by Crippen LogP contribution is 2.38. The van der Waals surface area contributed by atoms with Gasteiger partial charge in [0.15, 0.2) is 11.6 Å². The first-order valence-corrected chi connectivity index (χ1v) is 9.37. The Morgan fingerprint density at radius 2 is 2.11 bits per heavy atom. The van der Waals surface area contributed by atoms with Crippen molar-refractivity contribution in [3.63, 3.8) is 0 Å². The number of allylic oxidation sites excluding steroid dienone is 3. The minimum Gasteiger partial charge on any atom is -0.472 e. The maximum Gasteiger partial charge on any atom is 0.191 e. The molecule has 0 unspecified atom stereocenters. The van der Waals surface area contributed by atoms with Gasteiger partial charge in [0.05, 0.1) is 18.1 Å². The summed E-state index contributed by atoms with van der Waals surface area (Å²) in [7, 11) is 0. The topological polar surface area (TPSA) is 72.5 Å². The summed E-state index contributed by atoms with van der Waals surface area (Å²) in [5.41, 5.74) is 4.69. The maximum absolute atomic E-state index is 12.7. The molecule has 0 atom stereocenters. The van der Waals surface area contributed by atoms with Gasteiger partial charge < -0.3 is 14.2 Å². The van der Waals surface area contributed by atoms with Crippen LogP contribution < -0.4 is 5.32 Å². The van der Waals surface area contributed by atoms with Crippen molar-refractivity contribution in [3.05, 3.63) is 66.0 Å². The molecule has 0 aliphatic carbocycles. The van der Waals surface area contributed by atoms with Crippen LogP contribution >= 0.6 is 0 Å². The molecule has 3 heterocycles. The third kappa shape index (κ3) is 3.09. The van der Waals surface area contributed by atoms with Gasteiger partial charge in [-0.05, 0) is 37.5 Å². The van der Waals surface area contributed by atoms with Crippen molar-refractivity contribution in [3.8, 4) is 11.1 Å². The molecular formula is C23H21NO4. The van der Waals surface area contributed by atoms with Crippen LogP contribution in [-0.2, 0) is 16.0 Å². The lowest BCUT2D eigenvalue weighted by atomic mass is 9.96. The first-order chi connectivity index (χ1) is 13.6. The fraction of sp³-hybridized carbons (Fsp3) is 0.217. The second-order valence-electron chi connectivity index (χ2n) is 6.81. The maximum atomic E-state index is 12.7. The van der Waals surface area contributed by atoms with Crippen LogP contribution in [0.1, 0.15) is 31.6 Å². The number of ketones is 2. The summed E-state index contributed by atoms with van der Waals surface area (Å²) in [6.45, 7) is 3.98. The van der Waals surface area contributed by atoms with E-state index >= 15 is 0 Å². The number of carbonyl (C=O) groups is 2. The lowest BCUT2D eigenvalue weighted by Crippen LogP contribution is -2.18. The van der Waals surface area contributed by atoms with E-state index in [2.05, 4.69) is 5.32 Å². The van der Waals surface area contributed by atoms with Gasteiger partial charge in [-0.25, -0.2) is 0 Å². The van der Waals surface area contributed by atoms with Crippen LogP contribution in [0.15, 0.2) is 63.5 Å². The van der Waals surface area contributed by atoms with E-state index in [4.69, 9.17) is 8.83 Å². The summed E-state index contributed by atoms with van der Waals surface area (Å²) in [6.07, 6.45) is 7.71. The zero-order valence-corrected chi connectivity index (χ0v) is 15.9. The van der Waals surface area contributed by atoms with Gasteiger partial charge in [-0.2, -0.15) is 0 Å². The van der Waals surface area contributed by atoms with Crippen LogP contribution in [0.4, 0.5) is 0 Å². The molecule has 1 aromatic carbocycles. The van der Waals surface area contributed by atoms with Gasteiger partial charge >= 0.3 is 0 Å². The van der Waals surface area contributed by atoms with Crippen LogP contribution in [0.3, 0.4) is 0 Å². The Morgan fingerprint density at radius 1 is 1.25 bits per heavy atom. The molecule has 0 saturated heterocycles. The van der Waals surface area contributed by atoms with E-state index in [1.165, 1.54) is 19.2 Å². The number of carbonyl (C=O) groups excluding carboxylic acids is 2. The fourth-order valence-electron chi connectivity index (χ4n) is 3.61. The summed E-state index contributed by atoms with van der Waals surface area (Å²) in [4.78, 5) is 24.5. The van der Waals surface area contributed by atoms with Gasteiger partial charge in [0.2, 0.25) is 0 Å². The Balaban J connectivity index is 1.93. The van der Waals surface area contributed by atoms with Crippen molar-refractivity contribution in [2.75, 3.05) is 6.54 Å². The molecule has 0 fully saturated rings. The standard InChI is InChI=1S/C23H21NO4/c1-3-15-11-21(26)20(14(2)25)12-24-9-7-19-18-6-4-5-17(16-8-10-27-13-16)23(18)28-22(15)19/h4-6,8,10-13,24H,3,7,9H2,1-2H3/b15-11+,20-12-. The van der Waals surface area contributed by atoms with E-state index < -0.39 is 0 Å². The Bertz CT molecular complexity index is 1110. The smallest absolute Gasteiger partial charge is 0.191 e. The number of furan rings is 2. The van der Waals surface area contributed by atoms with Gasteiger partial charge in [0, 0.05) is 34.8 Å². The molecule has 1 N–H and O–H groups in total. The van der Waals surface area contributed by atoms with Crippen LogP contribution in [0.25, 0.3) is 27.7 Å². The van der Waals surface area contributed by atoms with E-state index in [1.54, 1.807) is 12.5 Å². The SMILES string of the molecule is CC/C1=C\C(=O)/C(C(C)=O)=C\NCCc2c1oc1c(-c3ccoc3)cccc21. The van der Waals surface area contributed by atoms with Gasteiger partial charge in [-0.1, -0.05) is 25.1 Å². The highest BCUT2D eigenvalue weighted by molar-refractivity contribution is 6.24. The van der Waals surface area contributed by atoms with Gasteiger partial charge in [0.25, 0.3) is 0 Å². The molecule has 0 amide bonds. The largest absolute Gasteiger partial charge is 0.472 e. The zero-order valence-electron chi connectivity index (χ0n) is 15.9. The Hall–Kier alpha value is -3.34. The molecule has 142 valence electrons. The second-order valence-corrected chi connectivity index (χ2v) is 6.81. The Morgan fingerprint density at radius 3 is 2.82 bits per heavy atom. The van der Waals surface area contributed by atoms with E-state index in [9.17, 15) is 9.59 Å². The third-order valence-electron chi connectivity index (χ3n) is 5.04. The molecule has 5 heteroatoms.